The van der Waals surface area contributed by atoms with Gasteiger partial charge in [0, 0.05) is 45.1 Å². The minimum Gasteiger partial charge on any atom is -0.379 e. The van der Waals surface area contributed by atoms with Crippen LogP contribution in [0.2, 0.25) is 0 Å². The van der Waals surface area contributed by atoms with E-state index in [1.54, 1.807) is 12.4 Å². The van der Waals surface area contributed by atoms with Crippen LogP contribution in [0.5, 0.6) is 0 Å². The number of amides is 1. The second-order valence-electron chi connectivity index (χ2n) is 4.93. The van der Waals surface area contributed by atoms with Crippen molar-refractivity contribution in [3.63, 3.8) is 0 Å². The van der Waals surface area contributed by atoms with E-state index in [0.29, 0.717) is 18.1 Å². The van der Waals surface area contributed by atoms with Crippen LogP contribution < -0.4 is 10.6 Å². The van der Waals surface area contributed by atoms with Crippen LogP contribution in [0.25, 0.3) is 0 Å². The van der Waals surface area contributed by atoms with Crippen LogP contribution in [0.4, 0.5) is 5.95 Å². The van der Waals surface area contributed by atoms with Crippen molar-refractivity contribution >= 4 is 11.9 Å². The first-order valence-electron chi connectivity index (χ1n) is 7.44. The molecule has 2 N–H and O–H groups in total. The van der Waals surface area contributed by atoms with Gasteiger partial charge >= 0.3 is 0 Å². The van der Waals surface area contributed by atoms with Gasteiger partial charge in [0.25, 0.3) is 5.91 Å². The minimum atomic E-state index is -0.134. The molecule has 7 nitrogen and oxygen atoms in total. The molecule has 7 heteroatoms. The summed E-state index contributed by atoms with van der Waals surface area (Å²) in [5.74, 6) is 0.423. The lowest BCUT2D eigenvalue weighted by Crippen LogP contribution is -2.41. The van der Waals surface area contributed by atoms with Crippen LogP contribution in [-0.2, 0) is 4.74 Å². The van der Waals surface area contributed by atoms with E-state index in [2.05, 4.69) is 32.4 Å². The lowest BCUT2D eigenvalue weighted by atomic mass is 10.3. The molecule has 116 valence electrons. The van der Waals surface area contributed by atoms with Crippen LogP contribution in [0.1, 0.15) is 23.7 Å². The molecule has 2 rings (SSSR count). The van der Waals surface area contributed by atoms with Gasteiger partial charge in [0.1, 0.15) is 0 Å². The fourth-order valence-corrected chi connectivity index (χ4v) is 2.03. The number of carbonyl (C=O) groups excluding carboxylic acids is 1. The normalized spacial score (nSPS) is 15.7. The zero-order chi connectivity index (χ0) is 14.9. The number of nitrogens with zero attached hydrogens (tertiary/aromatic N) is 3. The van der Waals surface area contributed by atoms with E-state index < -0.39 is 0 Å². The fourth-order valence-electron chi connectivity index (χ4n) is 2.03. The van der Waals surface area contributed by atoms with Crippen LogP contribution in [-0.4, -0.2) is 66.7 Å². The molecule has 0 aliphatic carbocycles. The molecule has 0 radical (unpaired) electrons. The number of ether oxygens (including phenoxy) is 1. The molecule has 1 aromatic heterocycles. The van der Waals surface area contributed by atoms with Crippen molar-refractivity contribution in [2.24, 2.45) is 0 Å². The van der Waals surface area contributed by atoms with E-state index in [9.17, 15) is 4.79 Å². The van der Waals surface area contributed by atoms with Crippen molar-refractivity contribution in [3.8, 4) is 0 Å². The summed E-state index contributed by atoms with van der Waals surface area (Å²) in [6, 6.07) is 0. The largest absolute Gasteiger partial charge is 0.379 e. The molecule has 0 saturated carbocycles. The number of rotatable bonds is 7. The SMILES string of the molecule is CCCNc1ncc(C(=O)NCCN2CCOCC2)cn1. The molecule has 0 bridgehead atoms. The molecule has 1 fully saturated rings. The summed E-state index contributed by atoms with van der Waals surface area (Å²) in [6.07, 6.45) is 4.11. The summed E-state index contributed by atoms with van der Waals surface area (Å²) in [4.78, 5) is 22.5. The lowest BCUT2D eigenvalue weighted by molar-refractivity contribution is 0.0383. The molecule has 1 amide bonds. The maximum atomic E-state index is 12.0. The fraction of sp³-hybridized carbons (Fsp3) is 0.643. The Labute approximate surface area is 125 Å². The van der Waals surface area contributed by atoms with E-state index in [1.807, 2.05) is 0 Å². The van der Waals surface area contributed by atoms with Gasteiger partial charge in [-0.3, -0.25) is 9.69 Å². The van der Waals surface area contributed by atoms with Gasteiger partial charge in [-0.1, -0.05) is 6.92 Å². The molecular formula is C14H23N5O2. The molecule has 0 spiro atoms. The number of aromatic nitrogens is 2. The summed E-state index contributed by atoms with van der Waals surface area (Å²) in [7, 11) is 0. The van der Waals surface area contributed by atoms with Gasteiger partial charge in [0.05, 0.1) is 18.8 Å². The average molecular weight is 293 g/mol. The van der Waals surface area contributed by atoms with Crippen molar-refractivity contribution in [2.45, 2.75) is 13.3 Å². The molecule has 1 saturated heterocycles. The highest BCUT2D eigenvalue weighted by atomic mass is 16.5. The Morgan fingerprint density at radius 1 is 1.29 bits per heavy atom. The topological polar surface area (TPSA) is 79.4 Å². The minimum absolute atomic E-state index is 0.134. The van der Waals surface area contributed by atoms with Gasteiger partial charge in [-0.05, 0) is 6.42 Å². The molecule has 1 aliphatic heterocycles. The zero-order valence-electron chi connectivity index (χ0n) is 12.5. The van der Waals surface area contributed by atoms with Gasteiger partial charge in [-0.15, -0.1) is 0 Å². The quantitative estimate of drug-likeness (QED) is 0.756. The van der Waals surface area contributed by atoms with Crippen molar-refractivity contribution in [2.75, 3.05) is 51.3 Å². The molecular weight excluding hydrogens is 270 g/mol. The van der Waals surface area contributed by atoms with Crippen LogP contribution in [0, 0.1) is 0 Å². The van der Waals surface area contributed by atoms with Gasteiger partial charge in [0.2, 0.25) is 5.95 Å². The predicted octanol–water partition coefficient (Wildman–Crippen LogP) is 0.361. The first-order chi connectivity index (χ1) is 10.3. The molecule has 0 unspecified atom stereocenters. The van der Waals surface area contributed by atoms with E-state index >= 15 is 0 Å². The molecule has 0 atom stereocenters. The number of anilines is 1. The Hall–Kier alpha value is -1.73. The third-order valence-electron chi connectivity index (χ3n) is 3.26. The first kappa shape index (κ1) is 15.7. The predicted molar refractivity (Wildman–Crippen MR) is 80.4 cm³/mol. The first-order valence-corrected chi connectivity index (χ1v) is 7.44. The molecule has 21 heavy (non-hydrogen) atoms. The Morgan fingerprint density at radius 3 is 2.67 bits per heavy atom. The Bertz CT molecular complexity index is 431. The van der Waals surface area contributed by atoms with Crippen molar-refractivity contribution in [1.29, 1.82) is 0 Å². The number of morpholine rings is 1. The molecule has 1 aromatic rings. The second-order valence-corrected chi connectivity index (χ2v) is 4.93. The van der Waals surface area contributed by atoms with Gasteiger partial charge in [-0.25, -0.2) is 9.97 Å². The van der Waals surface area contributed by atoms with Gasteiger partial charge in [0.15, 0.2) is 0 Å². The van der Waals surface area contributed by atoms with E-state index in [-0.39, 0.29) is 5.91 Å². The summed E-state index contributed by atoms with van der Waals surface area (Å²) in [6.45, 7) is 7.75. The lowest BCUT2D eigenvalue weighted by Gasteiger charge is -2.26. The highest BCUT2D eigenvalue weighted by Crippen LogP contribution is 2.00. The van der Waals surface area contributed by atoms with Crippen molar-refractivity contribution in [3.05, 3.63) is 18.0 Å². The van der Waals surface area contributed by atoms with E-state index in [0.717, 1.165) is 45.8 Å². The van der Waals surface area contributed by atoms with Gasteiger partial charge in [-0.2, -0.15) is 0 Å². The molecule has 0 aromatic carbocycles. The van der Waals surface area contributed by atoms with Gasteiger partial charge < -0.3 is 15.4 Å². The number of hydrogen-bond acceptors (Lipinski definition) is 6. The average Bonchev–Trinajstić information content (AvgIpc) is 2.54. The number of hydrogen-bond donors (Lipinski definition) is 2. The van der Waals surface area contributed by atoms with Crippen LogP contribution in [0.15, 0.2) is 12.4 Å². The summed E-state index contributed by atoms with van der Waals surface area (Å²) in [5, 5.41) is 5.96. The summed E-state index contributed by atoms with van der Waals surface area (Å²) >= 11 is 0. The molecule has 1 aliphatic rings. The monoisotopic (exact) mass is 293 g/mol. The molecule has 2 heterocycles. The van der Waals surface area contributed by atoms with Crippen molar-refractivity contribution in [1.82, 2.24) is 20.2 Å². The highest BCUT2D eigenvalue weighted by molar-refractivity contribution is 5.93. The van der Waals surface area contributed by atoms with Crippen LogP contribution in [0.3, 0.4) is 0 Å². The number of carbonyl (C=O) groups is 1. The second kappa shape index (κ2) is 8.53. The standard InChI is InChI=1S/C14H23N5O2/c1-2-3-16-14-17-10-12(11-18-14)13(20)15-4-5-19-6-8-21-9-7-19/h10-11H,2-9H2,1H3,(H,15,20)(H,16,17,18). The van der Waals surface area contributed by atoms with Crippen LogP contribution >= 0.6 is 0 Å². The zero-order valence-corrected chi connectivity index (χ0v) is 12.5. The van der Waals surface area contributed by atoms with Crippen molar-refractivity contribution < 1.29 is 9.53 Å². The third kappa shape index (κ3) is 5.28. The summed E-state index contributed by atoms with van der Waals surface area (Å²) in [5.41, 5.74) is 0.485. The maximum Gasteiger partial charge on any atom is 0.254 e. The maximum absolute atomic E-state index is 12.0. The Kier molecular flexibility index (Phi) is 6.36. The van der Waals surface area contributed by atoms with E-state index in [4.69, 9.17) is 4.74 Å². The Balaban J connectivity index is 1.72. The Morgan fingerprint density at radius 2 is 2.00 bits per heavy atom. The number of nitrogens with one attached hydrogen (secondary N) is 2. The highest BCUT2D eigenvalue weighted by Gasteiger charge is 2.11. The summed E-state index contributed by atoms with van der Waals surface area (Å²) < 4.78 is 5.28. The smallest absolute Gasteiger partial charge is 0.254 e. The third-order valence-corrected chi connectivity index (χ3v) is 3.26. The van der Waals surface area contributed by atoms with E-state index in [1.165, 1.54) is 0 Å².